The lowest BCUT2D eigenvalue weighted by Gasteiger charge is -2.22. The number of nitrogens with zero attached hydrogens (tertiary/aromatic N) is 2. The zero-order valence-corrected chi connectivity index (χ0v) is 13.2. The van der Waals surface area contributed by atoms with E-state index in [1.807, 2.05) is 6.20 Å². The zero-order chi connectivity index (χ0) is 15.0. The van der Waals surface area contributed by atoms with Gasteiger partial charge in [-0.2, -0.15) is 5.10 Å². The highest BCUT2D eigenvalue weighted by molar-refractivity contribution is 5.63. The van der Waals surface area contributed by atoms with Crippen molar-refractivity contribution >= 4 is 0 Å². The number of nitrogens with one attached hydrogen (secondary N) is 2. The Morgan fingerprint density at radius 2 is 2.27 bits per heavy atom. The Bertz CT molecular complexity index is 655. The minimum atomic E-state index is 0.535. The van der Waals surface area contributed by atoms with Crippen LogP contribution < -0.4 is 5.32 Å². The normalized spacial score (nSPS) is 25.3. The number of H-pyrrole nitrogens is 1. The molecule has 4 heteroatoms. The summed E-state index contributed by atoms with van der Waals surface area (Å²) in [7, 11) is 0. The second-order valence-electron chi connectivity index (χ2n) is 7.03. The van der Waals surface area contributed by atoms with Crippen LogP contribution >= 0.6 is 0 Å². The van der Waals surface area contributed by atoms with Crippen LogP contribution in [0.3, 0.4) is 0 Å². The van der Waals surface area contributed by atoms with E-state index in [-0.39, 0.29) is 0 Å². The maximum absolute atomic E-state index is 4.30. The largest absolute Gasteiger partial charge is 0.316 e. The number of aryl methyl sites for hydroxylation is 1. The van der Waals surface area contributed by atoms with E-state index in [0.29, 0.717) is 5.41 Å². The van der Waals surface area contributed by atoms with Crippen LogP contribution in [0.2, 0.25) is 0 Å². The van der Waals surface area contributed by atoms with Crippen molar-refractivity contribution in [3.8, 4) is 11.3 Å². The van der Waals surface area contributed by atoms with E-state index in [0.717, 1.165) is 6.54 Å². The van der Waals surface area contributed by atoms with Gasteiger partial charge in [-0.25, -0.2) is 0 Å². The number of rotatable bonds is 3. The van der Waals surface area contributed by atoms with E-state index >= 15 is 0 Å². The van der Waals surface area contributed by atoms with Crippen molar-refractivity contribution in [2.24, 2.45) is 5.41 Å². The summed E-state index contributed by atoms with van der Waals surface area (Å²) >= 11 is 0. The summed E-state index contributed by atoms with van der Waals surface area (Å²) in [5, 5.41) is 11.0. The summed E-state index contributed by atoms with van der Waals surface area (Å²) in [6.45, 7) is 7.95. The van der Waals surface area contributed by atoms with Crippen LogP contribution in [0, 0.1) is 12.3 Å². The molecule has 3 heterocycles. The molecule has 2 aliphatic rings. The fraction of sp³-hybridized carbons (Fsp3) is 0.500. The number of hydrogen-bond donors (Lipinski definition) is 2. The molecule has 0 radical (unpaired) electrons. The third-order valence-electron chi connectivity index (χ3n) is 5.27. The molecule has 2 fully saturated rings. The Balaban J connectivity index is 1.52. The van der Waals surface area contributed by atoms with Gasteiger partial charge < -0.3 is 5.32 Å². The van der Waals surface area contributed by atoms with Gasteiger partial charge >= 0.3 is 0 Å². The Kier molecular flexibility index (Phi) is 3.51. The SMILES string of the molecule is Cc1cccc(-c2[nH]ncc2CN2CCC3(CCNC3)C2)c1. The monoisotopic (exact) mass is 296 g/mol. The maximum atomic E-state index is 4.30. The van der Waals surface area contributed by atoms with Crippen molar-refractivity contribution in [3.05, 3.63) is 41.6 Å². The molecule has 1 unspecified atom stereocenters. The molecule has 4 rings (SSSR count). The molecule has 22 heavy (non-hydrogen) atoms. The van der Waals surface area contributed by atoms with Crippen molar-refractivity contribution in [2.75, 3.05) is 26.2 Å². The first-order valence-electron chi connectivity index (χ1n) is 8.27. The van der Waals surface area contributed by atoms with Gasteiger partial charge in [0.25, 0.3) is 0 Å². The number of benzene rings is 1. The Morgan fingerprint density at radius 3 is 3.09 bits per heavy atom. The summed E-state index contributed by atoms with van der Waals surface area (Å²) in [6, 6.07) is 8.64. The molecule has 1 atom stereocenters. The lowest BCUT2D eigenvalue weighted by atomic mass is 9.86. The summed E-state index contributed by atoms with van der Waals surface area (Å²) < 4.78 is 0. The topological polar surface area (TPSA) is 44.0 Å². The molecule has 4 nitrogen and oxygen atoms in total. The van der Waals surface area contributed by atoms with E-state index in [1.54, 1.807) is 0 Å². The first-order chi connectivity index (χ1) is 10.7. The van der Waals surface area contributed by atoms with Gasteiger partial charge in [0.15, 0.2) is 0 Å². The predicted molar refractivity (Wildman–Crippen MR) is 88.6 cm³/mol. The first-order valence-corrected chi connectivity index (χ1v) is 8.27. The third kappa shape index (κ3) is 2.57. The van der Waals surface area contributed by atoms with E-state index in [2.05, 4.69) is 51.6 Å². The van der Waals surface area contributed by atoms with Crippen molar-refractivity contribution in [2.45, 2.75) is 26.3 Å². The van der Waals surface area contributed by atoms with E-state index in [9.17, 15) is 0 Å². The van der Waals surface area contributed by atoms with Gasteiger partial charge in [0.2, 0.25) is 0 Å². The molecule has 2 aromatic rings. The third-order valence-corrected chi connectivity index (χ3v) is 5.27. The van der Waals surface area contributed by atoms with Gasteiger partial charge in [-0.15, -0.1) is 0 Å². The van der Waals surface area contributed by atoms with Crippen LogP contribution in [0.5, 0.6) is 0 Å². The predicted octanol–water partition coefficient (Wildman–Crippen LogP) is 2.57. The molecule has 1 aromatic carbocycles. The van der Waals surface area contributed by atoms with Gasteiger partial charge in [0.05, 0.1) is 11.9 Å². The van der Waals surface area contributed by atoms with E-state index in [4.69, 9.17) is 0 Å². The molecular formula is C18H24N4. The van der Waals surface area contributed by atoms with Gasteiger partial charge in [-0.05, 0) is 44.3 Å². The molecule has 116 valence electrons. The van der Waals surface area contributed by atoms with Gasteiger partial charge in [0.1, 0.15) is 0 Å². The first kappa shape index (κ1) is 14.0. The minimum absolute atomic E-state index is 0.535. The molecule has 1 spiro atoms. The standard InChI is InChI=1S/C18H24N4/c1-14-3-2-4-15(9-14)17-16(10-20-21-17)11-22-8-6-18(13-22)5-7-19-12-18/h2-4,9-10,19H,5-8,11-13H2,1H3,(H,20,21). The Morgan fingerprint density at radius 1 is 1.32 bits per heavy atom. The average molecular weight is 296 g/mol. The van der Waals surface area contributed by atoms with Crippen LogP contribution in [0.4, 0.5) is 0 Å². The highest BCUT2D eigenvalue weighted by atomic mass is 15.2. The lowest BCUT2D eigenvalue weighted by molar-refractivity contribution is 0.269. The number of hydrogen-bond acceptors (Lipinski definition) is 3. The van der Waals surface area contributed by atoms with Gasteiger partial charge in [-0.3, -0.25) is 10.00 Å². The number of aromatic nitrogens is 2. The number of aromatic amines is 1. The molecule has 2 aliphatic heterocycles. The van der Waals surface area contributed by atoms with Crippen molar-refractivity contribution in [3.63, 3.8) is 0 Å². The summed E-state index contributed by atoms with van der Waals surface area (Å²) in [4.78, 5) is 2.59. The molecular weight excluding hydrogens is 272 g/mol. The van der Waals surface area contributed by atoms with E-state index in [1.165, 1.54) is 61.4 Å². The van der Waals surface area contributed by atoms with Gasteiger partial charge in [-0.1, -0.05) is 23.8 Å². The van der Waals surface area contributed by atoms with Crippen LogP contribution in [-0.4, -0.2) is 41.3 Å². The van der Waals surface area contributed by atoms with E-state index < -0.39 is 0 Å². The highest BCUT2D eigenvalue weighted by Crippen LogP contribution is 2.37. The fourth-order valence-electron chi connectivity index (χ4n) is 4.03. The minimum Gasteiger partial charge on any atom is -0.316 e. The zero-order valence-electron chi connectivity index (χ0n) is 13.2. The molecule has 2 saturated heterocycles. The second-order valence-corrected chi connectivity index (χ2v) is 7.03. The quantitative estimate of drug-likeness (QED) is 0.915. The lowest BCUT2D eigenvalue weighted by Crippen LogP contribution is -2.28. The summed E-state index contributed by atoms with van der Waals surface area (Å²) in [5.74, 6) is 0. The maximum Gasteiger partial charge on any atom is 0.0695 e. The summed E-state index contributed by atoms with van der Waals surface area (Å²) in [5.41, 5.74) is 5.55. The van der Waals surface area contributed by atoms with Gasteiger partial charge in [0, 0.05) is 30.8 Å². The average Bonchev–Trinajstić information content (AvgIpc) is 3.23. The smallest absolute Gasteiger partial charge is 0.0695 e. The summed E-state index contributed by atoms with van der Waals surface area (Å²) in [6.07, 6.45) is 4.66. The molecule has 1 aromatic heterocycles. The Hall–Kier alpha value is -1.65. The van der Waals surface area contributed by atoms with Crippen LogP contribution in [0.25, 0.3) is 11.3 Å². The second kappa shape index (κ2) is 5.52. The molecule has 0 aliphatic carbocycles. The molecule has 0 amide bonds. The van der Waals surface area contributed by atoms with Crippen LogP contribution in [0.1, 0.15) is 24.0 Å². The van der Waals surface area contributed by atoms with Crippen LogP contribution in [-0.2, 0) is 6.54 Å². The van der Waals surface area contributed by atoms with Crippen molar-refractivity contribution in [1.82, 2.24) is 20.4 Å². The molecule has 2 N–H and O–H groups in total. The highest BCUT2D eigenvalue weighted by Gasteiger charge is 2.40. The molecule has 0 saturated carbocycles. The Labute approximate surface area is 131 Å². The molecule has 0 bridgehead atoms. The van der Waals surface area contributed by atoms with Crippen molar-refractivity contribution in [1.29, 1.82) is 0 Å². The fourth-order valence-corrected chi connectivity index (χ4v) is 4.03. The van der Waals surface area contributed by atoms with Crippen molar-refractivity contribution < 1.29 is 0 Å². The van der Waals surface area contributed by atoms with Crippen LogP contribution in [0.15, 0.2) is 30.5 Å². The number of likely N-dealkylation sites (tertiary alicyclic amines) is 1.